The Morgan fingerprint density at radius 2 is 2.23 bits per heavy atom. The Bertz CT molecular complexity index is 594. The van der Waals surface area contributed by atoms with Gasteiger partial charge in [-0.05, 0) is 32.9 Å². The highest BCUT2D eigenvalue weighted by Gasteiger charge is 2.23. The third-order valence-electron chi connectivity index (χ3n) is 4.50. The van der Waals surface area contributed by atoms with Gasteiger partial charge in [-0.2, -0.15) is 0 Å². The third-order valence-corrected chi connectivity index (χ3v) is 4.50. The van der Waals surface area contributed by atoms with E-state index in [1.165, 1.54) is 0 Å². The number of aliphatic imine (C=N–C) groups is 1. The van der Waals surface area contributed by atoms with E-state index < -0.39 is 0 Å². The lowest BCUT2D eigenvalue weighted by Crippen LogP contribution is -2.52. The molecule has 1 aromatic rings. The van der Waals surface area contributed by atoms with Crippen molar-refractivity contribution in [3.8, 4) is 11.5 Å². The van der Waals surface area contributed by atoms with Gasteiger partial charge < -0.3 is 24.8 Å². The van der Waals surface area contributed by atoms with E-state index in [1.54, 1.807) is 14.2 Å². The van der Waals surface area contributed by atoms with Crippen molar-refractivity contribution in [1.29, 1.82) is 0 Å². The first kappa shape index (κ1) is 20.3. The molecule has 26 heavy (non-hydrogen) atoms. The maximum Gasteiger partial charge on any atom is 0.195 e. The Labute approximate surface area is 156 Å². The van der Waals surface area contributed by atoms with Crippen LogP contribution in [0.3, 0.4) is 0 Å². The number of hydrogen-bond acceptors (Lipinski definition) is 5. The van der Waals surface area contributed by atoms with Crippen molar-refractivity contribution >= 4 is 11.6 Å². The summed E-state index contributed by atoms with van der Waals surface area (Å²) in [5, 5.41) is 6.70. The maximum atomic E-state index is 5.56. The molecule has 0 spiro atoms. The zero-order valence-corrected chi connectivity index (χ0v) is 16.5. The summed E-state index contributed by atoms with van der Waals surface area (Å²) in [6.07, 6.45) is 0. The molecule has 2 unspecified atom stereocenters. The third kappa shape index (κ3) is 5.51. The van der Waals surface area contributed by atoms with Crippen molar-refractivity contribution in [2.45, 2.75) is 32.9 Å². The van der Waals surface area contributed by atoms with Crippen molar-refractivity contribution in [3.63, 3.8) is 0 Å². The maximum absolute atomic E-state index is 5.56. The molecule has 7 nitrogen and oxygen atoms in total. The van der Waals surface area contributed by atoms with E-state index in [9.17, 15) is 0 Å². The summed E-state index contributed by atoms with van der Waals surface area (Å²) in [5.74, 6) is 2.16. The van der Waals surface area contributed by atoms with Gasteiger partial charge in [-0.15, -0.1) is 0 Å². The van der Waals surface area contributed by atoms with Crippen molar-refractivity contribution in [3.05, 3.63) is 18.2 Å². The zero-order chi connectivity index (χ0) is 18.9. The van der Waals surface area contributed by atoms with Gasteiger partial charge in [0.05, 0.1) is 26.9 Å². The molecule has 0 radical (unpaired) electrons. The molecular weight excluding hydrogens is 332 g/mol. The molecule has 0 aromatic heterocycles. The van der Waals surface area contributed by atoms with Crippen LogP contribution in [0.5, 0.6) is 11.5 Å². The second-order valence-electron chi connectivity index (χ2n) is 6.39. The summed E-state index contributed by atoms with van der Waals surface area (Å²) in [4.78, 5) is 6.77. The van der Waals surface area contributed by atoms with Crippen LogP contribution in [-0.4, -0.2) is 70.0 Å². The minimum absolute atomic E-state index is 0.391. The molecule has 0 saturated carbocycles. The number of benzene rings is 1. The van der Waals surface area contributed by atoms with Crippen LogP contribution in [0.2, 0.25) is 0 Å². The average Bonchev–Trinajstić information content (AvgIpc) is 2.66. The fourth-order valence-corrected chi connectivity index (χ4v) is 3.09. The van der Waals surface area contributed by atoms with Gasteiger partial charge in [-0.3, -0.25) is 9.89 Å². The van der Waals surface area contributed by atoms with Crippen molar-refractivity contribution in [2.24, 2.45) is 4.99 Å². The van der Waals surface area contributed by atoms with Gasteiger partial charge in [0.25, 0.3) is 0 Å². The summed E-state index contributed by atoms with van der Waals surface area (Å²) in [7, 11) is 3.41. The van der Waals surface area contributed by atoms with Crippen molar-refractivity contribution in [2.75, 3.05) is 52.4 Å². The first-order valence-electron chi connectivity index (χ1n) is 9.21. The van der Waals surface area contributed by atoms with Gasteiger partial charge in [-0.1, -0.05) is 0 Å². The highest BCUT2D eigenvalue weighted by molar-refractivity contribution is 5.93. The Hall–Kier alpha value is -1.99. The van der Waals surface area contributed by atoms with Crippen LogP contribution >= 0.6 is 0 Å². The predicted octanol–water partition coefficient (Wildman–Crippen LogP) is 2.19. The second-order valence-corrected chi connectivity index (χ2v) is 6.39. The van der Waals surface area contributed by atoms with Gasteiger partial charge >= 0.3 is 0 Å². The van der Waals surface area contributed by atoms with Crippen LogP contribution in [-0.2, 0) is 4.74 Å². The summed E-state index contributed by atoms with van der Waals surface area (Å²) in [6.45, 7) is 10.3. The van der Waals surface area contributed by atoms with Gasteiger partial charge in [0.2, 0.25) is 0 Å². The lowest BCUT2D eigenvalue weighted by molar-refractivity contribution is -0.0173. The highest BCUT2D eigenvalue weighted by Crippen LogP contribution is 2.30. The molecule has 1 aliphatic rings. The molecule has 0 aliphatic carbocycles. The Morgan fingerprint density at radius 3 is 2.88 bits per heavy atom. The van der Waals surface area contributed by atoms with Crippen LogP contribution in [0.15, 0.2) is 23.2 Å². The molecular formula is C19H32N4O3. The second kappa shape index (κ2) is 10.2. The molecule has 1 heterocycles. The van der Waals surface area contributed by atoms with Crippen molar-refractivity contribution in [1.82, 2.24) is 10.2 Å². The molecule has 1 aliphatic heterocycles. The van der Waals surface area contributed by atoms with Crippen molar-refractivity contribution < 1.29 is 14.2 Å². The van der Waals surface area contributed by atoms with Crippen LogP contribution in [0.25, 0.3) is 0 Å². The normalized spacial score (nSPS) is 19.7. The summed E-state index contributed by atoms with van der Waals surface area (Å²) >= 11 is 0. The van der Waals surface area contributed by atoms with E-state index in [-0.39, 0.29) is 0 Å². The molecule has 0 amide bonds. The Morgan fingerprint density at radius 1 is 1.42 bits per heavy atom. The monoisotopic (exact) mass is 364 g/mol. The molecule has 1 fully saturated rings. The van der Waals surface area contributed by atoms with E-state index in [0.29, 0.717) is 24.4 Å². The number of guanidine groups is 1. The summed E-state index contributed by atoms with van der Waals surface area (Å²) in [5.41, 5.74) is 0.894. The number of hydrogen-bond donors (Lipinski definition) is 2. The number of nitrogens with one attached hydrogen (secondary N) is 2. The Balaban J connectivity index is 1.93. The molecule has 1 saturated heterocycles. The number of morpholine rings is 1. The van der Waals surface area contributed by atoms with E-state index in [4.69, 9.17) is 14.2 Å². The molecule has 2 rings (SSSR count). The zero-order valence-electron chi connectivity index (χ0n) is 16.5. The molecule has 2 N–H and O–H groups in total. The first-order valence-corrected chi connectivity index (χ1v) is 9.21. The van der Waals surface area contributed by atoms with Gasteiger partial charge in [-0.25, -0.2) is 0 Å². The predicted molar refractivity (Wildman–Crippen MR) is 106 cm³/mol. The topological polar surface area (TPSA) is 67.4 Å². The van der Waals surface area contributed by atoms with E-state index in [0.717, 1.165) is 43.7 Å². The molecule has 0 bridgehead atoms. The van der Waals surface area contributed by atoms with Crippen LogP contribution in [0.1, 0.15) is 20.8 Å². The van der Waals surface area contributed by atoms with E-state index >= 15 is 0 Å². The van der Waals surface area contributed by atoms with E-state index in [2.05, 4.69) is 34.4 Å². The lowest BCUT2D eigenvalue weighted by Gasteiger charge is -2.38. The fraction of sp³-hybridized carbons (Fsp3) is 0.632. The lowest BCUT2D eigenvalue weighted by atomic mass is 10.2. The minimum Gasteiger partial charge on any atom is -0.493 e. The largest absolute Gasteiger partial charge is 0.493 e. The first-order chi connectivity index (χ1) is 12.6. The Kier molecular flexibility index (Phi) is 8.00. The number of methoxy groups -OCH3 is 1. The standard InChI is InChI=1S/C19H32N4O3/c1-6-26-17-8-7-16(11-18(17)24-5)22-19(20-4)21-12-14(2)23-9-10-25-13-15(23)3/h7-8,11,14-15H,6,9-10,12-13H2,1-5H3,(H2,20,21,22). The molecule has 1 aromatic carbocycles. The molecule has 7 heteroatoms. The molecule has 2 atom stereocenters. The average molecular weight is 364 g/mol. The fourth-order valence-electron chi connectivity index (χ4n) is 3.09. The highest BCUT2D eigenvalue weighted by atomic mass is 16.5. The minimum atomic E-state index is 0.391. The quantitative estimate of drug-likeness (QED) is 0.571. The van der Waals surface area contributed by atoms with E-state index in [1.807, 2.05) is 25.1 Å². The van der Waals surface area contributed by atoms with Crippen LogP contribution in [0.4, 0.5) is 5.69 Å². The summed E-state index contributed by atoms with van der Waals surface area (Å²) < 4.78 is 16.5. The van der Waals surface area contributed by atoms with Crippen LogP contribution < -0.4 is 20.1 Å². The summed E-state index contributed by atoms with van der Waals surface area (Å²) in [6, 6.07) is 6.59. The SMILES string of the molecule is CCOc1ccc(NC(=NC)NCC(C)N2CCOCC2C)cc1OC. The smallest absolute Gasteiger partial charge is 0.195 e. The van der Waals surface area contributed by atoms with Gasteiger partial charge in [0.1, 0.15) is 0 Å². The van der Waals surface area contributed by atoms with Gasteiger partial charge in [0, 0.05) is 44.0 Å². The van der Waals surface area contributed by atoms with Crippen LogP contribution in [0, 0.1) is 0 Å². The van der Waals surface area contributed by atoms with Gasteiger partial charge in [0.15, 0.2) is 17.5 Å². The molecule has 146 valence electrons. The number of nitrogens with zero attached hydrogens (tertiary/aromatic N) is 2. The number of rotatable bonds is 7. The number of ether oxygens (including phenoxy) is 3. The number of anilines is 1.